The molecule has 0 spiro atoms. The van der Waals surface area contributed by atoms with Gasteiger partial charge < -0.3 is 9.47 Å². The van der Waals surface area contributed by atoms with Gasteiger partial charge in [0.1, 0.15) is 11.5 Å². The molecule has 5 aromatic carbocycles. The summed E-state index contributed by atoms with van der Waals surface area (Å²) in [6.45, 7) is 2.10. The van der Waals surface area contributed by atoms with Gasteiger partial charge in [-0.1, -0.05) is 59.9 Å². The van der Waals surface area contributed by atoms with Crippen molar-refractivity contribution in [1.29, 1.82) is 0 Å². The molecular formula is C31H24O2. The van der Waals surface area contributed by atoms with Gasteiger partial charge in [0.15, 0.2) is 0 Å². The number of rotatable bonds is 3. The predicted molar refractivity (Wildman–Crippen MR) is 137 cm³/mol. The maximum atomic E-state index is 5.82. The zero-order valence-electron chi connectivity index (χ0n) is 19.0. The van der Waals surface area contributed by atoms with Crippen LogP contribution in [0.5, 0.6) is 11.5 Å². The van der Waals surface area contributed by atoms with E-state index >= 15 is 0 Å². The largest absolute Gasteiger partial charge is 0.496 e. The van der Waals surface area contributed by atoms with Crippen LogP contribution in [0.25, 0.3) is 32.7 Å². The highest BCUT2D eigenvalue weighted by molar-refractivity contribution is 5.96. The second-order valence-corrected chi connectivity index (χ2v) is 8.13. The highest BCUT2D eigenvalue weighted by atomic mass is 16.5. The molecule has 0 aliphatic carbocycles. The van der Waals surface area contributed by atoms with Crippen LogP contribution in [0.3, 0.4) is 0 Å². The standard InChI is InChI=1S/C31H24O2/c1-21-9-13-24-17-28(30(32-2)19-26(24)15-21)29-18-25-14-12-23(16-27(25)20-31(29)33-3)11-10-22-7-5-4-6-8-22/h4-9,12-20H,1-3H3. The molecule has 33 heavy (non-hydrogen) atoms. The average molecular weight is 429 g/mol. The topological polar surface area (TPSA) is 18.5 Å². The summed E-state index contributed by atoms with van der Waals surface area (Å²) in [6.07, 6.45) is 0. The molecule has 0 radical (unpaired) electrons. The van der Waals surface area contributed by atoms with E-state index in [9.17, 15) is 0 Å². The maximum Gasteiger partial charge on any atom is 0.127 e. The molecule has 0 fully saturated rings. The molecule has 0 atom stereocenters. The Labute approximate surface area is 194 Å². The van der Waals surface area contributed by atoms with Gasteiger partial charge in [0.25, 0.3) is 0 Å². The second kappa shape index (κ2) is 8.73. The highest BCUT2D eigenvalue weighted by Gasteiger charge is 2.14. The quantitative estimate of drug-likeness (QED) is 0.279. The summed E-state index contributed by atoms with van der Waals surface area (Å²) in [7, 11) is 3.42. The fraction of sp³-hybridized carbons (Fsp3) is 0.0968. The van der Waals surface area contributed by atoms with Crippen LogP contribution in [0.4, 0.5) is 0 Å². The summed E-state index contributed by atoms with van der Waals surface area (Å²) >= 11 is 0. The third-order valence-corrected chi connectivity index (χ3v) is 5.89. The van der Waals surface area contributed by atoms with E-state index in [1.54, 1.807) is 14.2 Å². The lowest BCUT2D eigenvalue weighted by Gasteiger charge is -2.15. The van der Waals surface area contributed by atoms with Crippen LogP contribution >= 0.6 is 0 Å². The average Bonchev–Trinajstić information content (AvgIpc) is 2.86. The Balaban J connectivity index is 1.62. The van der Waals surface area contributed by atoms with E-state index in [0.29, 0.717) is 0 Å². The molecule has 0 saturated carbocycles. The molecule has 0 aromatic heterocycles. The lowest BCUT2D eigenvalue weighted by atomic mass is 9.95. The van der Waals surface area contributed by atoms with Crippen molar-refractivity contribution < 1.29 is 9.47 Å². The molecule has 5 aromatic rings. The first-order chi connectivity index (χ1) is 16.1. The Morgan fingerprint density at radius 1 is 0.515 bits per heavy atom. The van der Waals surface area contributed by atoms with Crippen LogP contribution in [-0.4, -0.2) is 14.2 Å². The molecule has 5 rings (SSSR count). The summed E-state index contributed by atoms with van der Waals surface area (Å²) < 4.78 is 11.6. The van der Waals surface area contributed by atoms with E-state index in [0.717, 1.165) is 49.9 Å². The lowest BCUT2D eigenvalue weighted by Crippen LogP contribution is -1.93. The molecule has 0 aliphatic rings. The van der Waals surface area contributed by atoms with E-state index in [-0.39, 0.29) is 0 Å². The maximum absolute atomic E-state index is 5.82. The normalized spacial score (nSPS) is 10.6. The number of ether oxygens (including phenoxy) is 2. The fourth-order valence-electron chi connectivity index (χ4n) is 4.18. The van der Waals surface area contributed by atoms with E-state index in [4.69, 9.17) is 9.47 Å². The first-order valence-corrected chi connectivity index (χ1v) is 10.9. The lowest BCUT2D eigenvalue weighted by molar-refractivity contribution is 0.411. The van der Waals surface area contributed by atoms with E-state index in [2.05, 4.69) is 79.4 Å². The fourth-order valence-corrected chi connectivity index (χ4v) is 4.18. The summed E-state index contributed by atoms with van der Waals surface area (Å²) in [5.41, 5.74) is 5.23. The summed E-state index contributed by atoms with van der Waals surface area (Å²) in [5, 5.41) is 4.55. The Bertz CT molecular complexity index is 1540. The van der Waals surface area contributed by atoms with E-state index in [1.807, 2.05) is 30.3 Å². The molecule has 160 valence electrons. The summed E-state index contributed by atoms with van der Waals surface area (Å²) in [5.74, 6) is 8.13. The van der Waals surface area contributed by atoms with Gasteiger partial charge in [-0.3, -0.25) is 0 Å². The summed E-state index contributed by atoms with van der Waals surface area (Å²) in [4.78, 5) is 0. The molecule has 2 nitrogen and oxygen atoms in total. The summed E-state index contributed by atoms with van der Waals surface area (Å²) in [6, 6.07) is 31.3. The zero-order chi connectivity index (χ0) is 22.8. The van der Waals surface area contributed by atoms with E-state index in [1.165, 1.54) is 10.9 Å². The third-order valence-electron chi connectivity index (χ3n) is 5.89. The van der Waals surface area contributed by atoms with Crippen molar-refractivity contribution in [2.24, 2.45) is 0 Å². The number of methoxy groups -OCH3 is 2. The third kappa shape index (κ3) is 4.14. The van der Waals surface area contributed by atoms with Crippen LogP contribution in [-0.2, 0) is 0 Å². The Morgan fingerprint density at radius 2 is 1.09 bits per heavy atom. The van der Waals surface area contributed by atoms with Gasteiger partial charge in [-0.15, -0.1) is 0 Å². The van der Waals surface area contributed by atoms with Gasteiger partial charge in [-0.2, -0.15) is 0 Å². The highest BCUT2D eigenvalue weighted by Crippen LogP contribution is 2.41. The van der Waals surface area contributed by atoms with Crippen molar-refractivity contribution in [2.75, 3.05) is 14.2 Å². The molecular weight excluding hydrogens is 404 g/mol. The second-order valence-electron chi connectivity index (χ2n) is 8.13. The Morgan fingerprint density at radius 3 is 1.73 bits per heavy atom. The minimum Gasteiger partial charge on any atom is -0.496 e. The van der Waals surface area contributed by atoms with Crippen LogP contribution in [0.2, 0.25) is 0 Å². The molecule has 0 aliphatic heterocycles. The molecule has 0 unspecified atom stereocenters. The number of hydrogen-bond acceptors (Lipinski definition) is 2. The zero-order valence-corrected chi connectivity index (χ0v) is 19.0. The minimum atomic E-state index is 0.806. The monoisotopic (exact) mass is 428 g/mol. The van der Waals surface area contributed by atoms with Crippen LogP contribution in [0, 0.1) is 18.8 Å². The minimum absolute atomic E-state index is 0.806. The molecule has 0 N–H and O–H groups in total. The van der Waals surface area contributed by atoms with Gasteiger partial charge in [0.2, 0.25) is 0 Å². The predicted octanol–water partition coefficient (Wildman–Crippen LogP) is 7.39. The van der Waals surface area contributed by atoms with Crippen LogP contribution in [0.1, 0.15) is 16.7 Å². The number of fused-ring (bicyclic) bond motifs is 2. The Kier molecular flexibility index (Phi) is 5.47. The van der Waals surface area contributed by atoms with Crippen molar-refractivity contribution in [3.05, 3.63) is 108 Å². The molecule has 0 saturated heterocycles. The van der Waals surface area contributed by atoms with Crippen molar-refractivity contribution in [2.45, 2.75) is 6.92 Å². The van der Waals surface area contributed by atoms with Crippen LogP contribution < -0.4 is 9.47 Å². The van der Waals surface area contributed by atoms with Gasteiger partial charge in [0.05, 0.1) is 14.2 Å². The van der Waals surface area contributed by atoms with E-state index < -0.39 is 0 Å². The van der Waals surface area contributed by atoms with Gasteiger partial charge in [-0.05, 0) is 77.0 Å². The van der Waals surface area contributed by atoms with Crippen molar-refractivity contribution in [1.82, 2.24) is 0 Å². The van der Waals surface area contributed by atoms with Crippen molar-refractivity contribution in [3.8, 4) is 34.5 Å². The molecule has 0 heterocycles. The van der Waals surface area contributed by atoms with Crippen molar-refractivity contribution in [3.63, 3.8) is 0 Å². The SMILES string of the molecule is COc1cc2cc(C)ccc2cc1-c1cc2ccc(C#Cc3ccccc3)cc2cc1OC. The van der Waals surface area contributed by atoms with Gasteiger partial charge in [0, 0.05) is 22.3 Å². The first-order valence-electron chi connectivity index (χ1n) is 10.9. The van der Waals surface area contributed by atoms with Gasteiger partial charge >= 0.3 is 0 Å². The van der Waals surface area contributed by atoms with Gasteiger partial charge in [-0.25, -0.2) is 0 Å². The van der Waals surface area contributed by atoms with Crippen molar-refractivity contribution >= 4 is 21.5 Å². The molecule has 0 amide bonds. The number of benzene rings is 5. The molecule has 0 bridgehead atoms. The molecule has 2 heteroatoms. The van der Waals surface area contributed by atoms with Crippen LogP contribution in [0.15, 0.2) is 91.0 Å². The number of aryl methyl sites for hydroxylation is 1. The Hall–Kier alpha value is -4.22. The number of hydrogen-bond donors (Lipinski definition) is 0. The smallest absolute Gasteiger partial charge is 0.127 e. The first kappa shape index (κ1) is 20.7.